The molecule has 1 fully saturated rings. The monoisotopic (exact) mass is 475 g/mol. The number of benzene rings is 1. The molecular weight excluding hydrogens is 455 g/mol. The highest BCUT2D eigenvalue weighted by Gasteiger charge is 2.39. The molecule has 8 nitrogen and oxygen atoms in total. The maximum atomic E-state index is 13.5. The molecule has 172 valence electrons. The molecule has 0 spiro atoms. The van der Waals surface area contributed by atoms with Crippen molar-refractivity contribution >= 4 is 33.3 Å². The van der Waals surface area contributed by atoms with E-state index in [4.69, 9.17) is 0 Å². The van der Waals surface area contributed by atoms with E-state index in [0.717, 1.165) is 5.52 Å². The van der Waals surface area contributed by atoms with Crippen LogP contribution in [-0.4, -0.2) is 61.2 Å². The normalized spacial score (nSPS) is 17.2. The zero-order valence-corrected chi connectivity index (χ0v) is 18.4. The minimum absolute atomic E-state index is 0.0800. The lowest BCUT2D eigenvalue weighted by atomic mass is 10.2. The molecule has 1 aliphatic rings. The highest BCUT2D eigenvalue weighted by molar-refractivity contribution is 7.16. The van der Waals surface area contributed by atoms with Gasteiger partial charge in [-0.15, -0.1) is 0 Å². The summed E-state index contributed by atoms with van der Waals surface area (Å²) in [5, 5.41) is 3.54. The van der Waals surface area contributed by atoms with Gasteiger partial charge in [-0.05, 0) is 25.1 Å². The number of carbonyl (C=O) groups is 1. The molecule has 0 unspecified atom stereocenters. The molecule has 0 bridgehead atoms. The fraction of sp³-hybridized carbons (Fsp3) is 0.333. The second kappa shape index (κ2) is 8.18. The molecule has 33 heavy (non-hydrogen) atoms. The van der Waals surface area contributed by atoms with Crippen molar-refractivity contribution in [3.63, 3.8) is 0 Å². The lowest BCUT2D eigenvalue weighted by Crippen LogP contribution is -2.54. The summed E-state index contributed by atoms with van der Waals surface area (Å²) < 4.78 is 42.1. The van der Waals surface area contributed by atoms with Gasteiger partial charge in [-0.1, -0.05) is 23.5 Å². The van der Waals surface area contributed by atoms with Gasteiger partial charge in [-0.2, -0.15) is 18.3 Å². The van der Waals surface area contributed by atoms with Crippen LogP contribution in [0.3, 0.4) is 0 Å². The molecule has 12 heteroatoms. The lowest BCUT2D eigenvalue weighted by Gasteiger charge is -2.40. The minimum Gasteiger partial charge on any atom is -0.358 e. The van der Waals surface area contributed by atoms with Gasteiger partial charge in [0.05, 0.1) is 11.0 Å². The average Bonchev–Trinajstić information content (AvgIpc) is 3.51. The fourth-order valence-electron chi connectivity index (χ4n) is 4.00. The first kappa shape index (κ1) is 21.4. The van der Waals surface area contributed by atoms with Gasteiger partial charge < -0.3 is 14.8 Å². The number of anilines is 1. The molecule has 5 rings (SSSR count). The Bertz CT molecular complexity index is 1250. The number of rotatable bonds is 4. The maximum absolute atomic E-state index is 13.5. The van der Waals surface area contributed by atoms with Gasteiger partial charge in [0.1, 0.15) is 17.2 Å². The smallest absolute Gasteiger partial charge is 0.358 e. The van der Waals surface area contributed by atoms with Crippen molar-refractivity contribution < 1.29 is 18.0 Å². The summed E-state index contributed by atoms with van der Waals surface area (Å²) in [6, 6.07) is 8.80. The predicted molar refractivity (Wildman–Crippen MR) is 118 cm³/mol. The number of imidazole rings is 1. The standard InChI is InChI=1S/C21H20F3N7OS/c1-13-11-29(9-10-31(13)16(32)12-30-8-4-7-25-30)19-17(28-20(33-19)21(22,23)24)18-26-14-5-2-3-6-15(14)27-18/h2-8,13H,9-12H2,1H3,(H,26,27)/t13-/m1/s1. The number of carbonyl (C=O) groups excluding carboxylic acids is 1. The molecule has 1 N–H and O–H groups in total. The summed E-state index contributed by atoms with van der Waals surface area (Å²) in [6.07, 6.45) is -1.23. The fourth-order valence-corrected chi connectivity index (χ4v) is 4.97. The number of nitrogens with one attached hydrogen (secondary N) is 1. The minimum atomic E-state index is -4.56. The van der Waals surface area contributed by atoms with E-state index in [1.807, 2.05) is 30.0 Å². The molecule has 1 atom stereocenters. The van der Waals surface area contributed by atoms with Gasteiger partial charge >= 0.3 is 6.18 Å². The molecule has 3 aromatic heterocycles. The molecule has 1 amide bonds. The SMILES string of the molecule is C[C@@H]1CN(c2sc(C(F)(F)F)nc2-c2nc3ccccc3[nH]2)CCN1C(=O)Cn1cccn1. The number of hydrogen-bond acceptors (Lipinski definition) is 6. The van der Waals surface area contributed by atoms with Crippen molar-refractivity contribution in [3.8, 4) is 11.5 Å². The van der Waals surface area contributed by atoms with E-state index < -0.39 is 11.2 Å². The van der Waals surface area contributed by atoms with Crippen LogP contribution in [0.2, 0.25) is 0 Å². The Balaban J connectivity index is 1.43. The van der Waals surface area contributed by atoms with Crippen LogP contribution in [0, 0.1) is 0 Å². The van der Waals surface area contributed by atoms with Crippen molar-refractivity contribution in [1.82, 2.24) is 29.6 Å². The van der Waals surface area contributed by atoms with Crippen molar-refractivity contribution in [2.45, 2.75) is 25.7 Å². The number of alkyl halides is 3. The Morgan fingerprint density at radius 2 is 2.03 bits per heavy atom. The van der Waals surface area contributed by atoms with Gasteiger partial charge in [0.2, 0.25) is 10.9 Å². The maximum Gasteiger partial charge on any atom is 0.443 e. The van der Waals surface area contributed by atoms with E-state index in [1.54, 1.807) is 34.1 Å². The van der Waals surface area contributed by atoms with Crippen LogP contribution in [0.4, 0.5) is 18.2 Å². The number of thiazole rings is 1. The summed E-state index contributed by atoms with van der Waals surface area (Å²) in [7, 11) is 0. The van der Waals surface area contributed by atoms with Crippen molar-refractivity contribution in [3.05, 3.63) is 47.7 Å². The second-order valence-electron chi connectivity index (χ2n) is 7.86. The van der Waals surface area contributed by atoms with E-state index in [0.29, 0.717) is 47.3 Å². The van der Waals surface area contributed by atoms with E-state index in [1.165, 1.54) is 0 Å². The summed E-state index contributed by atoms with van der Waals surface area (Å²) >= 11 is 0.605. The Morgan fingerprint density at radius 3 is 2.73 bits per heavy atom. The molecule has 1 aromatic carbocycles. The predicted octanol–water partition coefficient (Wildman–Crippen LogP) is 3.64. The zero-order chi connectivity index (χ0) is 23.2. The highest BCUT2D eigenvalue weighted by atomic mass is 32.1. The first-order valence-electron chi connectivity index (χ1n) is 10.3. The summed E-state index contributed by atoms with van der Waals surface area (Å²) in [4.78, 5) is 27.8. The van der Waals surface area contributed by atoms with Gasteiger partial charge in [-0.3, -0.25) is 9.48 Å². The number of H-pyrrole nitrogens is 1. The van der Waals surface area contributed by atoms with Crippen LogP contribution in [0.25, 0.3) is 22.6 Å². The van der Waals surface area contributed by atoms with Gasteiger partial charge in [0.15, 0.2) is 5.82 Å². The Labute approximate surface area is 190 Å². The molecule has 4 heterocycles. The van der Waals surface area contributed by atoms with Crippen LogP contribution in [-0.2, 0) is 17.5 Å². The van der Waals surface area contributed by atoms with Gasteiger partial charge in [0, 0.05) is 38.1 Å². The van der Waals surface area contributed by atoms with E-state index in [9.17, 15) is 18.0 Å². The molecule has 1 aliphatic heterocycles. The first-order chi connectivity index (χ1) is 15.8. The number of para-hydroxylation sites is 2. The number of nitrogens with zero attached hydrogens (tertiary/aromatic N) is 6. The molecule has 0 aliphatic carbocycles. The Hall–Kier alpha value is -3.41. The van der Waals surface area contributed by atoms with E-state index in [2.05, 4.69) is 20.1 Å². The van der Waals surface area contributed by atoms with Crippen molar-refractivity contribution in [1.29, 1.82) is 0 Å². The molecule has 4 aromatic rings. The average molecular weight is 476 g/mol. The number of fused-ring (bicyclic) bond motifs is 1. The topological polar surface area (TPSA) is 82.9 Å². The summed E-state index contributed by atoms with van der Waals surface area (Å²) in [5.41, 5.74) is 1.55. The van der Waals surface area contributed by atoms with Crippen LogP contribution < -0.4 is 4.90 Å². The first-order valence-corrected chi connectivity index (χ1v) is 11.2. The van der Waals surface area contributed by atoms with Crippen molar-refractivity contribution in [2.24, 2.45) is 0 Å². The third-order valence-corrected chi connectivity index (χ3v) is 6.72. The quantitative estimate of drug-likeness (QED) is 0.487. The largest absolute Gasteiger partial charge is 0.443 e. The molecule has 1 saturated heterocycles. The van der Waals surface area contributed by atoms with Crippen molar-refractivity contribution in [2.75, 3.05) is 24.5 Å². The van der Waals surface area contributed by atoms with Crippen LogP contribution in [0.5, 0.6) is 0 Å². The molecule has 0 saturated carbocycles. The van der Waals surface area contributed by atoms with E-state index in [-0.39, 0.29) is 24.2 Å². The highest BCUT2D eigenvalue weighted by Crippen LogP contribution is 2.42. The molecule has 0 radical (unpaired) electrons. The summed E-state index contributed by atoms with van der Waals surface area (Å²) in [6.45, 7) is 3.18. The zero-order valence-electron chi connectivity index (χ0n) is 17.6. The number of halogens is 3. The molecular formula is C21H20F3N7OS. The van der Waals surface area contributed by atoms with Gasteiger partial charge in [-0.25, -0.2) is 9.97 Å². The lowest BCUT2D eigenvalue weighted by molar-refractivity contribution is -0.137. The Kier molecular flexibility index (Phi) is 5.31. The van der Waals surface area contributed by atoms with Crippen LogP contribution in [0.15, 0.2) is 42.7 Å². The number of hydrogen-bond donors (Lipinski definition) is 1. The second-order valence-corrected chi connectivity index (χ2v) is 8.84. The van der Waals surface area contributed by atoms with Crippen LogP contribution in [0.1, 0.15) is 11.9 Å². The number of piperazine rings is 1. The van der Waals surface area contributed by atoms with E-state index >= 15 is 0 Å². The number of aromatic amines is 1. The number of amides is 1. The third kappa shape index (κ3) is 4.17. The third-order valence-electron chi connectivity index (χ3n) is 5.56. The number of aromatic nitrogens is 5. The van der Waals surface area contributed by atoms with Crippen LogP contribution >= 0.6 is 11.3 Å². The van der Waals surface area contributed by atoms with Gasteiger partial charge in [0.25, 0.3) is 0 Å². The summed E-state index contributed by atoms with van der Waals surface area (Å²) in [5.74, 6) is 0.214. The Morgan fingerprint density at radius 1 is 1.21 bits per heavy atom.